The lowest BCUT2D eigenvalue weighted by atomic mass is 10.0. The zero-order valence-electron chi connectivity index (χ0n) is 13.4. The smallest absolute Gasteiger partial charge is 0.247 e. The van der Waals surface area contributed by atoms with Crippen LogP contribution in [0, 0.1) is 19.7 Å². The highest BCUT2D eigenvalue weighted by molar-refractivity contribution is 5.86. The number of rotatable bonds is 5. The van der Waals surface area contributed by atoms with Gasteiger partial charge in [0.1, 0.15) is 11.9 Å². The lowest BCUT2D eigenvalue weighted by Gasteiger charge is -2.20. The molecule has 4 heteroatoms. The van der Waals surface area contributed by atoms with E-state index in [-0.39, 0.29) is 17.8 Å². The fourth-order valence-corrected chi connectivity index (χ4v) is 2.69. The summed E-state index contributed by atoms with van der Waals surface area (Å²) in [5.74, 6) is -0.375. The molecule has 23 heavy (non-hydrogen) atoms. The number of halogens is 1. The van der Waals surface area contributed by atoms with Crippen LogP contribution in [0.3, 0.4) is 0 Å². The second-order valence-electron chi connectivity index (χ2n) is 6.29. The molecular formula is C19H21FN2O. The average Bonchev–Trinajstić information content (AvgIpc) is 3.29. The molecule has 0 aromatic heterocycles. The zero-order chi connectivity index (χ0) is 16.4. The number of carbonyl (C=O) groups is 1. The molecule has 0 radical (unpaired) electrons. The zero-order valence-corrected chi connectivity index (χ0v) is 13.4. The Morgan fingerprint density at radius 1 is 1.09 bits per heavy atom. The van der Waals surface area contributed by atoms with Gasteiger partial charge in [-0.2, -0.15) is 0 Å². The van der Waals surface area contributed by atoms with Gasteiger partial charge in [-0.05, 0) is 67.6 Å². The van der Waals surface area contributed by atoms with Gasteiger partial charge in [-0.3, -0.25) is 4.79 Å². The first-order valence-corrected chi connectivity index (χ1v) is 7.92. The molecule has 1 aliphatic carbocycles. The molecule has 2 aromatic rings. The lowest BCUT2D eigenvalue weighted by molar-refractivity contribution is -0.122. The van der Waals surface area contributed by atoms with E-state index >= 15 is 0 Å². The summed E-state index contributed by atoms with van der Waals surface area (Å²) < 4.78 is 13.2. The van der Waals surface area contributed by atoms with Crippen molar-refractivity contribution in [3.63, 3.8) is 0 Å². The lowest BCUT2D eigenvalue weighted by Crippen LogP contribution is -2.34. The highest BCUT2D eigenvalue weighted by Gasteiger charge is 2.28. The van der Waals surface area contributed by atoms with E-state index in [9.17, 15) is 9.18 Å². The maximum atomic E-state index is 13.2. The third-order valence-electron chi connectivity index (χ3n) is 3.92. The van der Waals surface area contributed by atoms with Gasteiger partial charge in [0.25, 0.3) is 0 Å². The minimum atomic E-state index is -0.530. The van der Waals surface area contributed by atoms with Crippen LogP contribution in [0.1, 0.15) is 35.6 Å². The van der Waals surface area contributed by atoms with Gasteiger partial charge in [0.2, 0.25) is 5.91 Å². The molecule has 0 aliphatic heterocycles. The Labute approximate surface area is 135 Å². The van der Waals surface area contributed by atoms with E-state index in [1.54, 1.807) is 12.1 Å². The summed E-state index contributed by atoms with van der Waals surface area (Å²) in [7, 11) is 0. The summed E-state index contributed by atoms with van der Waals surface area (Å²) in [5, 5.41) is 6.32. The fourth-order valence-electron chi connectivity index (χ4n) is 2.69. The fraction of sp³-hybridized carbons (Fsp3) is 0.316. The Balaban J connectivity index is 1.87. The number of benzene rings is 2. The molecule has 1 aliphatic rings. The highest BCUT2D eigenvalue weighted by Crippen LogP contribution is 2.25. The first-order valence-electron chi connectivity index (χ1n) is 7.92. The maximum Gasteiger partial charge on any atom is 0.247 e. The maximum absolute atomic E-state index is 13.2. The van der Waals surface area contributed by atoms with Crippen LogP contribution in [0.25, 0.3) is 0 Å². The van der Waals surface area contributed by atoms with E-state index in [4.69, 9.17) is 0 Å². The standard InChI is InChI=1S/C19H21FN2O/c1-12-9-13(2)11-17(10-12)21-18(19(23)22-16-7-8-16)14-3-5-15(20)6-4-14/h3-6,9-11,16,18,21H,7-8H2,1-2H3,(H,22,23)/t18-/m0/s1. The monoisotopic (exact) mass is 312 g/mol. The van der Waals surface area contributed by atoms with E-state index in [2.05, 4.69) is 16.7 Å². The number of amides is 1. The Hall–Kier alpha value is -2.36. The predicted molar refractivity (Wildman–Crippen MR) is 89.8 cm³/mol. The second kappa shape index (κ2) is 6.41. The predicted octanol–water partition coefficient (Wildman–Crippen LogP) is 3.87. The molecule has 1 amide bonds. The second-order valence-corrected chi connectivity index (χ2v) is 6.29. The van der Waals surface area contributed by atoms with Gasteiger partial charge < -0.3 is 10.6 Å². The topological polar surface area (TPSA) is 41.1 Å². The van der Waals surface area contributed by atoms with Crippen molar-refractivity contribution in [1.82, 2.24) is 5.32 Å². The van der Waals surface area contributed by atoms with E-state index < -0.39 is 6.04 Å². The van der Waals surface area contributed by atoms with E-state index in [0.29, 0.717) is 0 Å². The number of carbonyl (C=O) groups excluding carboxylic acids is 1. The Bertz CT molecular complexity index is 688. The summed E-state index contributed by atoms with van der Waals surface area (Å²) in [6.07, 6.45) is 2.07. The van der Waals surface area contributed by atoms with Crippen LogP contribution in [0.15, 0.2) is 42.5 Å². The quantitative estimate of drug-likeness (QED) is 0.880. The molecule has 0 saturated heterocycles. The minimum Gasteiger partial charge on any atom is -0.370 e. The Morgan fingerprint density at radius 3 is 2.26 bits per heavy atom. The van der Waals surface area contributed by atoms with Crippen molar-refractivity contribution in [1.29, 1.82) is 0 Å². The van der Waals surface area contributed by atoms with E-state index in [1.165, 1.54) is 12.1 Å². The number of hydrogen-bond acceptors (Lipinski definition) is 2. The molecule has 3 rings (SSSR count). The number of nitrogens with one attached hydrogen (secondary N) is 2. The van der Waals surface area contributed by atoms with Crippen molar-refractivity contribution in [2.24, 2.45) is 0 Å². The molecule has 3 nitrogen and oxygen atoms in total. The van der Waals surface area contributed by atoms with Crippen molar-refractivity contribution < 1.29 is 9.18 Å². The van der Waals surface area contributed by atoms with E-state index in [0.717, 1.165) is 35.2 Å². The first-order chi connectivity index (χ1) is 11.0. The summed E-state index contributed by atoms with van der Waals surface area (Å²) in [5.41, 5.74) is 3.91. The average molecular weight is 312 g/mol. The van der Waals surface area contributed by atoms with Gasteiger partial charge in [-0.15, -0.1) is 0 Å². The van der Waals surface area contributed by atoms with Crippen LogP contribution in [0.2, 0.25) is 0 Å². The molecule has 2 N–H and O–H groups in total. The number of anilines is 1. The highest BCUT2D eigenvalue weighted by atomic mass is 19.1. The van der Waals surface area contributed by atoms with Gasteiger partial charge in [-0.1, -0.05) is 18.2 Å². The van der Waals surface area contributed by atoms with Crippen LogP contribution in [-0.4, -0.2) is 11.9 Å². The summed E-state index contributed by atoms with van der Waals surface area (Å²) >= 11 is 0. The van der Waals surface area contributed by atoms with Gasteiger partial charge in [0, 0.05) is 11.7 Å². The van der Waals surface area contributed by atoms with Gasteiger partial charge in [-0.25, -0.2) is 4.39 Å². The molecule has 2 aromatic carbocycles. The summed E-state index contributed by atoms with van der Waals surface area (Å²) in [4.78, 5) is 12.6. The molecule has 1 fully saturated rings. The van der Waals surface area contributed by atoms with Crippen molar-refractivity contribution >= 4 is 11.6 Å². The van der Waals surface area contributed by atoms with Crippen molar-refractivity contribution in [2.45, 2.75) is 38.8 Å². The van der Waals surface area contributed by atoms with Gasteiger partial charge in [0.15, 0.2) is 0 Å². The van der Waals surface area contributed by atoms with E-state index in [1.807, 2.05) is 26.0 Å². The molecular weight excluding hydrogens is 291 g/mol. The Morgan fingerprint density at radius 2 is 1.70 bits per heavy atom. The third-order valence-corrected chi connectivity index (χ3v) is 3.92. The summed E-state index contributed by atoms with van der Waals surface area (Å²) in [6.45, 7) is 4.05. The summed E-state index contributed by atoms with van der Waals surface area (Å²) in [6, 6.07) is 11.9. The van der Waals surface area contributed by atoms with Crippen LogP contribution >= 0.6 is 0 Å². The molecule has 120 valence electrons. The largest absolute Gasteiger partial charge is 0.370 e. The van der Waals surface area contributed by atoms with Crippen LogP contribution < -0.4 is 10.6 Å². The first kappa shape index (κ1) is 15.5. The number of aryl methyl sites for hydroxylation is 2. The van der Waals surface area contributed by atoms with Crippen molar-refractivity contribution in [3.8, 4) is 0 Å². The molecule has 1 atom stereocenters. The minimum absolute atomic E-state index is 0.0710. The van der Waals surface area contributed by atoms with Crippen LogP contribution in [0.4, 0.5) is 10.1 Å². The molecule has 0 spiro atoms. The van der Waals surface area contributed by atoms with Crippen molar-refractivity contribution in [2.75, 3.05) is 5.32 Å². The number of hydrogen-bond donors (Lipinski definition) is 2. The van der Waals surface area contributed by atoms with Gasteiger partial charge in [0.05, 0.1) is 0 Å². The molecule has 0 bridgehead atoms. The van der Waals surface area contributed by atoms with Crippen LogP contribution in [-0.2, 0) is 4.79 Å². The van der Waals surface area contributed by atoms with Crippen LogP contribution in [0.5, 0.6) is 0 Å². The SMILES string of the molecule is Cc1cc(C)cc(N[C@H](C(=O)NC2CC2)c2ccc(F)cc2)c1. The van der Waals surface area contributed by atoms with Crippen molar-refractivity contribution in [3.05, 3.63) is 65.0 Å². The third kappa shape index (κ3) is 4.09. The molecule has 1 saturated carbocycles. The molecule has 0 heterocycles. The Kier molecular flexibility index (Phi) is 4.33. The normalized spacial score (nSPS) is 15.1. The molecule has 0 unspecified atom stereocenters. The van der Waals surface area contributed by atoms with Gasteiger partial charge >= 0.3 is 0 Å².